The quantitative estimate of drug-likeness (QED) is 0.647. The molecule has 0 unspecified atom stereocenters. The number of ketones is 1. The first-order valence-corrected chi connectivity index (χ1v) is 8.63. The highest BCUT2D eigenvalue weighted by molar-refractivity contribution is 9.11. The van der Waals surface area contributed by atoms with E-state index in [0.29, 0.717) is 10.3 Å². The Morgan fingerprint density at radius 2 is 2.10 bits per heavy atom. The molecule has 0 aliphatic rings. The zero-order chi connectivity index (χ0) is 15.1. The summed E-state index contributed by atoms with van der Waals surface area (Å²) in [7, 11) is 0. The Balaban J connectivity index is 2.02. The molecule has 0 radical (unpaired) electrons. The van der Waals surface area contributed by atoms with Gasteiger partial charge in [0.05, 0.1) is 26.9 Å². The minimum Gasteiger partial charge on any atom is -0.291 e. The Bertz CT molecular complexity index is 907. The first-order valence-electron chi connectivity index (χ1n) is 6.21. The summed E-state index contributed by atoms with van der Waals surface area (Å²) in [4.78, 5) is 31.5. The second-order valence-electron chi connectivity index (χ2n) is 4.67. The molecule has 0 aromatic carbocycles. The highest BCUT2D eigenvalue weighted by Crippen LogP contribution is 2.26. The Morgan fingerprint density at radius 1 is 1.33 bits per heavy atom. The predicted molar refractivity (Wildman–Crippen MR) is 89.7 cm³/mol. The van der Waals surface area contributed by atoms with Gasteiger partial charge in [-0.3, -0.25) is 14.2 Å². The average molecular weight is 383 g/mol. The second-order valence-corrected chi connectivity index (χ2v) is 8.33. The number of aryl methyl sites for hydroxylation is 2. The number of hydrogen-bond donors (Lipinski definition) is 0. The molecule has 0 amide bonds. The first-order chi connectivity index (χ1) is 9.97. The van der Waals surface area contributed by atoms with Crippen LogP contribution >= 0.6 is 38.6 Å². The summed E-state index contributed by atoms with van der Waals surface area (Å²) in [6, 6.07) is 3.59. The minimum atomic E-state index is -0.147. The van der Waals surface area contributed by atoms with Crippen LogP contribution in [0.15, 0.2) is 27.0 Å². The van der Waals surface area contributed by atoms with Crippen molar-refractivity contribution in [2.75, 3.05) is 0 Å². The van der Waals surface area contributed by atoms with Crippen LogP contribution in [0.2, 0.25) is 0 Å². The molecule has 0 fully saturated rings. The number of thiophene rings is 2. The van der Waals surface area contributed by atoms with E-state index in [1.54, 1.807) is 6.07 Å². The summed E-state index contributed by atoms with van der Waals surface area (Å²) < 4.78 is 2.29. The van der Waals surface area contributed by atoms with Gasteiger partial charge in [0, 0.05) is 4.88 Å². The van der Waals surface area contributed by atoms with Crippen molar-refractivity contribution >= 4 is 54.6 Å². The number of carbonyl (C=O) groups is 1. The van der Waals surface area contributed by atoms with Gasteiger partial charge >= 0.3 is 0 Å². The number of rotatable bonds is 3. The molecular weight excluding hydrogens is 372 g/mol. The molecule has 3 aromatic rings. The minimum absolute atomic E-state index is 0.0169. The van der Waals surface area contributed by atoms with Gasteiger partial charge < -0.3 is 0 Å². The number of Topliss-reactive ketones (excluding diaryl/α,β-unsaturated/α-hetero) is 1. The van der Waals surface area contributed by atoms with Crippen LogP contribution in [0.1, 0.15) is 20.1 Å². The van der Waals surface area contributed by atoms with E-state index >= 15 is 0 Å². The maximum Gasteiger partial charge on any atom is 0.262 e. The monoisotopic (exact) mass is 382 g/mol. The molecule has 0 aliphatic heterocycles. The maximum absolute atomic E-state index is 12.5. The van der Waals surface area contributed by atoms with E-state index in [1.165, 1.54) is 33.6 Å². The van der Waals surface area contributed by atoms with Gasteiger partial charge in [0.1, 0.15) is 4.83 Å². The van der Waals surface area contributed by atoms with E-state index in [0.717, 1.165) is 19.1 Å². The van der Waals surface area contributed by atoms with E-state index in [9.17, 15) is 9.59 Å². The fourth-order valence-electron chi connectivity index (χ4n) is 2.08. The van der Waals surface area contributed by atoms with Gasteiger partial charge in [-0.05, 0) is 47.5 Å². The van der Waals surface area contributed by atoms with Gasteiger partial charge in [-0.15, -0.1) is 22.7 Å². The normalized spacial score (nSPS) is 11.2. The summed E-state index contributed by atoms with van der Waals surface area (Å²) in [6.07, 6.45) is 1.46. The molecule has 3 heterocycles. The molecule has 0 saturated heterocycles. The largest absolute Gasteiger partial charge is 0.291 e. The van der Waals surface area contributed by atoms with E-state index in [1.807, 2.05) is 19.9 Å². The van der Waals surface area contributed by atoms with Crippen LogP contribution in [-0.2, 0) is 6.54 Å². The number of carbonyl (C=O) groups excluding carboxylic acids is 1. The smallest absolute Gasteiger partial charge is 0.262 e. The lowest BCUT2D eigenvalue weighted by Crippen LogP contribution is -2.24. The summed E-state index contributed by atoms with van der Waals surface area (Å²) in [5, 5.41) is 0.625. The molecule has 4 nitrogen and oxygen atoms in total. The van der Waals surface area contributed by atoms with Gasteiger partial charge in [0.2, 0.25) is 0 Å². The molecule has 21 heavy (non-hydrogen) atoms. The Hall–Kier alpha value is -1.31. The van der Waals surface area contributed by atoms with Gasteiger partial charge in [0.25, 0.3) is 5.56 Å². The molecule has 0 aliphatic carbocycles. The highest BCUT2D eigenvalue weighted by Gasteiger charge is 2.15. The fraction of sp³-hybridized carbons (Fsp3) is 0.214. The highest BCUT2D eigenvalue weighted by atomic mass is 79.9. The van der Waals surface area contributed by atoms with Crippen LogP contribution < -0.4 is 5.56 Å². The Labute approximate surface area is 137 Å². The van der Waals surface area contributed by atoms with Gasteiger partial charge in [-0.2, -0.15) is 0 Å². The lowest BCUT2D eigenvalue weighted by atomic mass is 10.2. The third kappa shape index (κ3) is 2.61. The predicted octanol–water partition coefficient (Wildman–Crippen LogP) is 3.78. The Morgan fingerprint density at radius 3 is 2.76 bits per heavy atom. The number of fused-ring (bicyclic) bond motifs is 1. The van der Waals surface area contributed by atoms with Gasteiger partial charge in [0.15, 0.2) is 5.78 Å². The molecule has 0 atom stereocenters. The molecular formula is C14H11BrN2O2S2. The van der Waals surface area contributed by atoms with Crippen LogP contribution in [0.25, 0.3) is 10.2 Å². The lowest BCUT2D eigenvalue weighted by molar-refractivity contribution is 0.0974. The topological polar surface area (TPSA) is 52.0 Å². The van der Waals surface area contributed by atoms with Crippen molar-refractivity contribution in [1.82, 2.24) is 9.55 Å². The molecule has 0 spiro atoms. The van der Waals surface area contributed by atoms with Gasteiger partial charge in [-0.1, -0.05) is 0 Å². The van der Waals surface area contributed by atoms with Crippen LogP contribution in [0.3, 0.4) is 0 Å². The Kier molecular flexibility index (Phi) is 3.81. The molecule has 3 aromatic heterocycles. The second kappa shape index (κ2) is 5.47. The molecule has 0 N–H and O–H groups in total. The standard InChI is InChI=1S/C14H11BrN2O2S2/c1-7-8(2)20-13-12(7)14(19)17(6-16-13)5-9(18)10-3-4-11(15)21-10/h3-4,6H,5H2,1-2H3. The van der Waals surface area contributed by atoms with E-state index in [2.05, 4.69) is 20.9 Å². The number of aromatic nitrogens is 2. The van der Waals surface area contributed by atoms with Gasteiger partial charge in [-0.25, -0.2) is 4.98 Å². The lowest BCUT2D eigenvalue weighted by Gasteiger charge is -2.03. The number of hydrogen-bond acceptors (Lipinski definition) is 5. The van der Waals surface area contributed by atoms with E-state index in [-0.39, 0.29) is 17.9 Å². The number of nitrogens with zero attached hydrogens (tertiary/aromatic N) is 2. The van der Waals surface area contributed by atoms with Crippen LogP contribution in [-0.4, -0.2) is 15.3 Å². The van der Waals surface area contributed by atoms with Crippen LogP contribution in [0.5, 0.6) is 0 Å². The summed E-state index contributed by atoms with van der Waals surface area (Å²) in [5.74, 6) is -0.0847. The zero-order valence-corrected chi connectivity index (χ0v) is 14.6. The number of halogens is 1. The molecule has 0 saturated carbocycles. The van der Waals surface area contributed by atoms with Crippen LogP contribution in [0.4, 0.5) is 0 Å². The van der Waals surface area contributed by atoms with Crippen molar-refractivity contribution in [2.45, 2.75) is 20.4 Å². The molecule has 0 bridgehead atoms. The fourth-order valence-corrected chi connectivity index (χ4v) is 4.38. The molecule has 108 valence electrons. The molecule has 3 rings (SSSR count). The van der Waals surface area contributed by atoms with E-state index < -0.39 is 0 Å². The van der Waals surface area contributed by atoms with Crippen molar-refractivity contribution < 1.29 is 4.79 Å². The van der Waals surface area contributed by atoms with Crippen LogP contribution in [0, 0.1) is 13.8 Å². The third-order valence-corrected chi connectivity index (χ3v) is 6.10. The maximum atomic E-state index is 12.5. The summed E-state index contributed by atoms with van der Waals surface area (Å²) >= 11 is 6.20. The van der Waals surface area contributed by atoms with Crippen molar-refractivity contribution in [3.8, 4) is 0 Å². The van der Waals surface area contributed by atoms with E-state index in [4.69, 9.17) is 0 Å². The first kappa shape index (κ1) is 14.6. The average Bonchev–Trinajstić information content (AvgIpc) is 2.99. The van der Waals surface area contributed by atoms with Crippen molar-refractivity contribution in [2.24, 2.45) is 0 Å². The summed E-state index contributed by atoms with van der Waals surface area (Å²) in [6.45, 7) is 3.91. The van der Waals surface area contributed by atoms with Crippen molar-refractivity contribution in [1.29, 1.82) is 0 Å². The molecule has 7 heteroatoms. The van der Waals surface area contributed by atoms with Crippen molar-refractivity contribution in [3.63, 3.8) is 0 Å². The zero-order valence-electron chi connectivity index (χ0n) is 11.3. The van der Waals surface area contributed by atoms with Crippen molar-refractivity contribution in [3.05, 3.63) is 47.9 Å². The SMILES string of the molecule is Cc1sc2ncn(CC(=O)c3ccc(Br)s3)c(=O)c2c1C. The third-order valence-electron chi connectivity index (χ3n) is 3.32. The summed E-state index contributed by atoms with van der Waals surface area (Å²) in [5.41, 5.74) is 0.805.